The lowest BCUT2D eigenvalue weighted by atomic mass is 9.61. The van der Waals surface area contributed by atoms with Crippen LogP contribution >= 0.6 is 0 Å². The van der Waals surface area contributed by atoms with Crippen molar-refractivity contribution in [3.63, 3.8) is 0 Å². The van der Waals surface area contributed by atoms with E-state index in [-0.39, 0.29) is 11.3 Å². The summed E-state index contributed by atoms with van der Waals surface area (Å²) in [6, 6.07) is 0. The zero-order valence-corrected chi connectivity index (χ0v) is 9.43. The molecule has 0 aromatic carbocycles. The van der Waals surface area contributed by atoms with Crippen LogP contribution in [0.5, 0.6) is 0 Å². The first-order valence-electron chi connectivity index (χ1n) is 5.68. The van der Waals surface area contributed by atoms with Crippen molar-refractivity contribution in [3.05, 3.63) is 0 Å². The summed E-state index contributed by atoms with van der Waals surface area (Å²) >= 11 is 0. The SMILES string of the molecule is CCC1C(=O)CCC(=O)C1(CC)CC. The summed E-state index contributed by atoms with van der Waals surface area (Å²) in [5.41, 5.74) is -0.329. The van der Waals surface area contributed by atoms with Crippen LogP contribution < -0.4 is 0 Å². The van der Waals surface area contributed by atoms with Crippen LogP contribution in [0.4, 0.5) is 0 Å². The summed E-state index contributed by atoms with van der Waals surface area (Å²) in [5, 5.41) is 0. The van der Waals surface area contributed by atoms with Gasteiger partial charge in [0.25, 0.3) is 0 Å². The van der Waals surface area contributed by atoms with Crippen molar-refractivity contribution in [1.82, 2.24) is 0 Å². The Labute approximate surface area is 86.1 Å². The van der Waals surface area contributed by atoms with Gasteiger partial charge in [-0.05, 0) is 19.3 Å². The van der Waals surface area contributed by atoms with Crippen molar-refractivity contribution >= 4 is 11.6 Å². The number of hydrogen-bond acceptors (Lipinski definition) is 2. The lowest BCUT2D eigenvalue weighted by molar-refractivity contribution is -0.146. The van der Waals surface area contributed by atoms with Crippen molar-refractivity contribution in [2.45, 2.75) is 52.9 Å². The Morgan fingerprint density at radius 3 is 2.07 bits per heavy atom. The fourth-order valence-electron chi connectivity index (χ4n) is 2.92. The molecule has 1 aliphatic carbocycles. The van der Waals surface area contributed by atoms with E-state index in [2.05, 4.69) is 0 Å². The molecule has 1 unspecified atom stereocenters. The average Bonchev–Trinajstić information content (AvgIpc) is 2.21. The Bertz CT molecular complexity index is 239. The molecular weight excluding hydrogens is 176 g/mol. The van der Waals surface area contributed by atoms with Crippen molar-refractivity contribution < 1.29 is 9.59 Å². The summed E-state index contributed by atoms with van der Waals surface area (Å²) in [4.78, 5) is 23.7. The minimum absolute atomic E-state index is 0.0150. The van der Waals surface area contributed by atoms with E-state index in [9.17, 15) is 9.59 Å². The fraction of sp³-hybridized carbons (Fsp3) is 0.833. The van der Waals surface area contributed by atoms with Crippen LogP contribution in [-0.4, -0.2) is 11.6 Å². The van der Waals surface area contributed by atoms with E-state index in [1.54, 1.807) is 0 Å². The molecule has 0 aromatic rings. The van der Waals surface area contributed by atoms with Crippen LogP contribution in [0.15, 0.2) is 0 Å². The third-order valence-electron chi connectivity index (χ3n) is 3.88. The first-order chi connectivity index (χ1) is 6.62. The molecule has 1 fully saturated rings. The van der Waals surface area contributed by atoms with Gasteiger partial charge in [-0.25, -0.2) is 0 Å². The minimum Gasteiger partial charge on any atom is -0.299 e. The van der Waals surface area contributed by atoms with Gasteiger partial charge in [0.05, 0.1) is 0 Å². The molecule has 1 saturated carbocycles. The molecule has 0 heterocycles. The summed E-state index contributed by atoms with van der Waals surface area (Å²) in [5.74, 6) is 0.600. The lowest BCUT2D eigenvalue weighted by Gasteiger charge is -2.40. The van der Waals surface area contributed by atoms with Gasteiger partial charge in [-0.1, -0.05) is 20.8 Å². The Hall–Kier alpha value is -0.660. The van der Waals surface area contributed by atoms with Crippen molar-refractivity contribution in [1.29, 1.82) is 0 Å². The molecule has 0 aromatic heterocycles. The standard InChI is InChI=1S/C12H20O2/c1-4-9-10(13)7-8-11(14)12(9,5-2)6-3/h9H,4-8H2,1-3H3. The lowest BCUT2D eigenvalue weighted by Crippen LogP contribution is -2.45. The van der Waals surface area contributed by atoms with Gasteiger partial charge >= 0.3 is 0 Å². The van der Waals surface area contributed by atoms with E-state index in [0.29, 0.717) is 24.4 Å². The average molecular weight is 196 g/mol. The second-order valence-electron chi connectivity index (χ2n) is 4.21. The topological polar surface area (TPSA) is 34.1 Å². The summed E-state index contributed by atoms with van der Waals surface area (Å²) in [7, 11) is 0. The van der Waals surface area contributed by atoms with Crippen LogP contribution in [0.25, 0.3) is 0 Å². The normalized spacial score (nSPS) is 26.6. The summed E-state index contributed by atoms with van der Waals surface area (Å²) in [6.45, 7) is 6.08. The molecule has 0 spiro atoms. The van der Waals surface area contributed by atoms with Crippen LogP contribution in [0.2, 0.25) is 0 Å². The molecule has 0 aliphatic heterocycles. The molecule has 1 rings (SSSR count). The second-order valence-corrected chi connectivity index (χ2v) is 4.21. The van der Waals surface area contributed by atoms with E-state index >= 15 is 0 Å². The van der Waals surface area contributed by atoms with Crippen molar-refractivity contribution in [2.24, 2.45) is 11.3 Å². The van der Waals surface area contributed by atoms with E-state index in [0.717, 1.165) is 19.3 Å². The maximum Gasteiger partial charge on any atom is 0.140 e. The molecule has 0 radical (unpaired) electrons. The first kappa shape index (κ1) is 11.4. The van der Waals surface area contributed by atoms with Crippen LogP contribution in [-0.2, 0) is 9.59 Å². The van der Waals surface area contributed by atoms with Gasteiger partial charge in [-0.2, -0.15) is 0 Å². The van der Waals surface area contributed by atoms with Gasteiger partial charge in [0, 0.05) is 24.2 Å². The molecule has 0 N–H and O–H groups in total. The molecule has 2 nitrogen and oxygen atoms in total. The van der Waals surface area contributed by atoms with Crippen LogP contribution in [0.3, 0.4) is 0 Å². The molecule has 0 saturated heterocycles. The molecule has 2 heteroatoms. The molecular formula is C12H20O2. The zero-order chi connectivity index (χ0) is 10.8. The predicted octanol–water partition coefficient (Wildman–Crippen LogP) is 2.75. The van der Waals surface area contributed by atoms with Gasteiger partial charge in [0.2, 0.25) is 0 Å². The fourth-order valence-corrected chi connectivity index (χ4v) is 2.92. The number of hydrogen-bond donors (Lipinski definition) is 0. The smallest absolute Gasteiger partial charge is 0.140 e. The summed E-state index contributed by atoms with van der Waals surface area (Å²) in [6.07, 6.45) is 3.38. The predicted molar refractivity (Wildman–Crippen MR) is 56.0 cm³/mol. The van der Waals surface area contributed by atoms with Crippen molar-refractivity contribution in [2.75, 3.05) is 0 Å². The quantitative estimate of drug-likeness (QED) is 0.695. The van der Waals surface area contributed by atoms with Gasteiger partial charge < -0.3 is 0 Å². The van der Waals surface area contributed by atoms with Gasteiger partial charge in [-0.3, -0.25) is 9.59 Å². The highest BCUT2D eigenvalue weighted by atomic mass is 16.1. The largest absolute Gasteiger partial charge is 0.299 e. The molecule has 0 bridgehead atoms. The number of rotatable bonds is 3. The second kappa shape index (κ2) is 4.24. The maximum atomic E-state index is 11.9. The van der Waals surface area contributed by atoms with Gasteiger partial charge in [-0.15, -0.1) is 0 Å². The highest BCUT2D eigenvalue weighted by Crippen LogP contribution is 2.43. The Balaban J connectivity index is 3.04. The molecule has 14 heavy (non-hydrogen) atoms. The van der Waals surface area contributed by atoms with Crippen LogP contribution in [0, 0.1) is 11.3 Å². The van der Waals surface area contributed by atoms with Crippen LogP contribution in [0.1, 0.15) is 52.9 Å². The van der Waals surface area contributed by atoms with E-state index in [1.807, 2.05) is 20.8 Å². The molecule has 80 valence electrons. The zero-order valence-electron chi connectivity index (χ0n) is 9.43. The Kier molecular flexibility index (Phi) is 3.46. The number of Topliss-reactive ketones (excluding diaryl/α,β-unsaturated/α-hetero) is 2. The third kappa shape index (κ3) is 1.51. The van der Waals surface area contributed by atoms with E-state index < -0.39 is 0 Å². The van der Waals surface area contributed by atoms with Crippen molar-refractivity contribution in [3.8, 4) is 0 Å². The summed E-state index contributed by atoms with van der Waals surface area (Å²) < 4.78 is 0. The third-order valence-corrected chi connectivity index (χ3v) is 3.88. The molecule has 0 amide bonds. The first-order valence-corrected chi connectivity index (χ1v) is 5.68. The monoisotopic (exact) mass is 196 g/mol. The Morgan fingerprint density at radius 2 is 1.71 bits per heavy atom. The highest BCUT2D eigenvalue weighted by Gasteiger charge is 2.47. The maximum absolute atomic E-state index is 11.9. The molecule has 1 atom stereocenters. The van der Waals surface area contributed by atoms with E-state index in [4.69, 9.17) is 0 Å². The van der Waals surface area contributed by atoms with E-state index in [1.165, 1.54) is 0 Å². The minimum atomic E-state index is -0.329. The number of ketones is 2. The highest BCUT2D eigenvalue weighted by molar-refractivity contribution is 5.98. The van der Waals surface area contributed by atoms with Gasteiger partial charge in [0.1, 0.15) is 11.6 Å². The Morgan fingerprint density at radius 1 is 1.14 bits per heavy atom. The van der Waals surface area contributed by atoms with Gasteiger partial charge in [0.15, 0.2) is 0 Å². The number of carbonyl (C=O) groups excluding carboxylic acids is 2. The number of carbonyl (C=O) groups is 2. The molecule has 1 aliphatic rings.